The van der Waals surface area contributed by atoms with Crippen LogP contribution in [0.2, 0.25) is 0 Å². The first-order valence-electron chi connectivity index (χ1n) is 9.19. The summed E-state index contributed by atoms with van der Waals surface area (Å²) in [6.07, 6.45) is 5.12. The molecule has 1 fully saturated rings. The Morgan fingerprint density at radius 2 is 1.78 bits per heavy atom. The molecule has 1 aromatic rings. The predicted molar refractivity (Wildman–Crippen MR) is 96.3 cm³/mol. The van der Waals surface area contributed by atoms with Gasteiger partial charge in [0.05, 0.1) is 12.7 Å². The molecule has 0 radical (unpaired) electrons. The van der Waals surface area contributed by atoms with Crippen LogP contribution in [0.3, 0.4) is 0 Å². The van der Waals surface area contributed by atoms with Crippen molar-refractivity contribution in [3.8, 4) is 0 Å². The number of imide groups is 1. The van der Waals surface area contributed by atoms with Gasteiger partial charge in [-0.3, -0.25) is 14.9 Å². The molecule has 1 aliphatic rings. The topological polar surface area (TPSA) is 115 Å². The molecule has 8 nitrogen and oxygen atoms in total. The maximum atomic E-state index is 12.3. The van der Waals surface area contributed by atoms with E-state index in [-0.39, 0.29) is 17.5 Å². The van der Waals surface area contributed by atoms with Gasteiger partial charge in [0.2, 0.25) is 5.91 Å². The number of ether oxygens (including phenoxy) is 2. The third kappa shape index (κ3) is 4.96. The Balaban J connectivity index is 1.95. The molecule has 148 valence electrons. The Bertz CT molecular complexity index is 731. The maximum absolute atomic E-state index is 12.3. The molecule has 0 aliphatic heterocycles. The van der Waals surface area contributed by atoms with Crippen molar-refractivity contribution in [2.45, 2.75) is 52.4 Å². The minimum atomic E-state index is -0.766. The molecular formula is C19H26N2O6. The normalized spacial score (nSPS) is 14.5. The highest BCUT2D eigenvalue weighted by molar-refractivity contribution is 6.00. The first kappa shape index (κ1) is 20.7. The maximum Gasteiger partial charge on any atom is 0.355 e. The van der Waals surface area contributed by atoms with Crippen molar-refractivity contribution in [1.82, 2.24) is 10.3 Å². The molecule has 2 N–H and O–H groups in total. The summed E-state index contributed by atoms with van der Waals surface area (Å²) in [5, 5.41) is 2.29. The first-order valence-corrected chi connectivity index (χ1v) is 9.19. The van der Waals surface area contributed by atoms with Crippen LogP contribution in [0.4, 0.5) is 0 Å². The van der Waals surface area contributed by atoms with Crippen LogP contribution < -0.4 is 5.32 Å². The van der Waals surface area contributed by atoms with E-state index in [2.05, 4.69) is 10.3 Å². The number of methoxy groups -OCH3 is 1. The van der Waals surface area contributed by atoms with Crippen molar-refractivity contribution >= 4 is 23.8 Å². The van der Waals surface area contributed by atoms with Crippen molar-refractivity contribution in [2.24, 2.45) is 5.92 Å². The second-order valence-corrected chi connectivity index (χ2v) is 6.65. The zero-order valence-electron chi connectivity index (χ0n) is 16.0. The SMILES string of the molecule is CCc1[nH]c(C(=O)OCC(=O)NC(=O)C2CCCCC2)c(C)c1C(=O)OC. The molecule has 1 aliphatic carbocycles. The van der Waals surface area contributed by atoms with Gasteiger partial charge < -0.3 is 14.5 Å². The van der Waals surface area contributed by atoms with Crippen LogP contribution in [-0.4, -0.2) is 42.5 Å². The summed E-state index contributed by atoms with van der Waals surface area (Å²) in [5.41, 5.74) is 1.35. The predicted octanol–water partition coefficient (Wildman–Crippen LogP) is 2.05. The van der Waals surface area contributed by atoms with E-state index in [1.165, 1.54) is 7.11 Å². The Morgan fingerprint density at radius 3 is 2.37 bits per heavy atom. The Labute approximate surface area is 158 Å². The average molecular weight is 378 g/mol. The summed E-state index contributed by atoms with van der Waals surface area (Å²) < 4.78 is 9.74. The third-order valence-corrected chi connectivity index (χ3v) is 4.85. The molecule has 1 saturated carbocycles. The second-order valence-electron chi connectivity index (χ2n) is 6.65. The molecule has 27 heavy (non-hydrogen) atoms. The number of H-pyrrole nitrogens is 1. The van der Waals surface area contributed by atoms with Crippen molar-refractivity contribution in [3.63, 3.8) is 0 Å². The lowest BCUT2D eigenvalue weighted by Crippen LogP contribution is -2.38. The lowest BCUT2D eigenvalue weighted by Gasteiger charge is -2.20. The summed E-state index contributed by atoms with van der Waals surface area (Å²) in [6.45, 7) is 2.87. The Morgan fingerprint density at radius 1 is 1.11 bits per heavy atom. The van der Waals surface area contributed by atoms with E-state index < -0.39 is 24.5 Å². The smallest absolute Gasteiger partial charge is 0.355 e. The summed E-state index contributed by atoms with van der Waals surface area (Å²) in [5.74, 6) is -2.44. The number of nitrogens with one attached hydrogen (secondary N) is 2. The van der Waals surface area contributed by atoms with Gasteiger partial charge in [0.15, 0.2) is 6.61 Å². The Hall–Kier alpha value is -2.64. The van der Waals surface area contributed by atoms with Crippen LogP contribution in [0.15, 0.2) is 0 Å². The largest absolute Gasteiger partial charge is 0.465 e. The minimum absolute atomic E-state index is 0.0960. The highest BCUT2D eigenvalue weighted by atomic mass is 16.5. The van der Waals surface area contributed by atoms with Gasteiger partial charge >= 0.3 is 11.9 Å². The summed E-state index contributed by atoms with van der Waals surface area (Å²) in [4.78, 5) is 51.0. The van der Waals surface area contributed by atoms with E-state index in [9.17, 15) is 19.2 Å². The van der Waals surface area contributed by atoms with E-state index in [0.29, 0.717) is 23.2 Å². The number of esters is 2. The monoisotopic (exact) mass is 378 g/mol. The molecule has 0 unspecified atom stereocenters. The van der Waals surface area contributed by atoms with Crippen LogP contribution in [0.1, 0.15) is 71.1 Å². The molecule has 1 heterocycles. The first-order chi connectivity index (χ1) is 12.9. The van der Waals surface area contributed by atoms with Gasteiger partial charge in [0.25, 0.3) is 5.91 Å². The standard InChI is InChI=1S/C19H26N2O6/c1-4-13-15(18(24)26-3)11(2)16(20-13)19(25)27-10-14(22)21-17(23)12-8-6-5-7-9-12/h12,20H,4-10H2,1-3H3,(H,21,22,23). The highest BCUT2D eigenvalue weighted by Crippen LogP contribution is 2.23. The van der Waals surface area contributed by atoms with E-state index >= 15 is 0 Å². The molecule has 0 saturated heterocycles. The number of aromatic nitrogens is 1. The van der Waals surface area contributed by atoms with Gasteiger partial charge in [0.1, 0.15) is 5.69 Å². The fourth-order valence-corrected chi connectivity index (χ4v) is 3.35. The van der Waals surface area contributed by atoms with Gasteiger partial charge in [-0.2, -0.15) is 0 Å². The third-order valence-electron chi connectivity index (χ3n) is 4.85. The number of carbonyl (C=O) groups is 4. The van der Waals surface area contributed by atoms with E-state index in [1.54, 1.807) is 6.92 Å². The summed E-state index contributed by atoms with van der Waals surface area (Å²) in [6, 6.07) is 0. The molecule has 0 atom stereocenters. The number of amides is 2. The van der Waals surface area contributed by atoms with Gasteiger partial charge in [-0.25, -0.2) is 9.59 Å². The summed E-state index contributed by atoms with van der Waals surface area (Å²) >= 11 is 0. The number of hydrogen-bond donors (Lipinski definition) is 2. The number of aryl methyl sites for hydroxylation is 1. The zero-order chi connectivity index (χ0) is 20.0. The zero-order valence-corrected chi connectivity index (χ0v) is 16.0. The highest BCUT2D eigenvalue weighted by Gasteiger charge is 2.26. The minimum Gasteiger partial charge on any atom is -0.465 e. The molecule has 1 aromatic heterocycles. The van der Waals surface area contributed by atoms with Crippen molar-refractivity contribution in [1.29, 1.82) is 0 Å². The van der Waals surface area contributed by atoms with Gasteiger partial charge in [-0.15, -0.1) is 0 Å². The van der Waals surface area contributed by atoms with Crippen LogP contribution >= 0.6 is 0 Å². The fourth-order valence-electron chi connectivity index (χ4n) is 3.35. The van der Waals surface area contributed by atoms with Crippen molar-refractivity contribution in [3.05, 3.63) is 22.5 Å². The molecule has 8 heteroatoms. The molecule has 0 bridgehead atoms. The lowest BCUT2D eigenvalue weighted by molar-refractivity contribution is -0.135. The van der Waals surface area contributed by atoms with Gasteiger partial charge in [-0.05, 0) is 31.7 Å². The fraction of sp³-hybridized carbons (Fsp3) is 0.579. The number of aromatic amines is 1. The number of rotatable bonds is 6. The van der Waals surface area contributed by atoms with Crippen LogP contribution in [-0.2, 0) is 25.5 Å². The lowest BCUT2D eigenvalue weighted by atomic mass is 9.89. The van der Waals surface area contributed by atoms with E-state index in [1.807, 2.05) is 6.92 Å². The summed E-state index contributed by atoms with van der Waals surface area (Å²) in [7, 11) is 1.26. The second kappa shape index (κ2) is 9.34. The van der Waals surface area contributed by atoms with Gasteiger partial charge in [0, 0.05) is 11.6 Å². The average Bonchev–Trinajstić information content (AvgIpc) is 3.02. The molecular weight excluding hydrogens is 352 g/mol. The van der Waals surface area contributed by atoms with Crippen LogP contribution in [0, 0.1) is 12.8 Å². The quantitative estimate of drug-likeness (QED) is 0.732. The Kier molecular flexibility index (Phi) is 7.15. The number of carbonyl (C=O) groups excluding carboxylic acids is 4. The van der Waals surface area contributed by atoms with Crippen molar-refractivity contribution < 1.29 is 28.7 Å². The van der Waals surface area contributed by atoms with E-state index in [0.717, 1.165) is 32.1 Å². The van der Waals surface area contributed by atoms with Crippen molar-refractivity contribution in [2.75, 3.05) is 13.7 Å². The molecule has 0 spiro atoms. The molecule has 2 rings (SSSR count). The van der Waals surface area contributed by atoms with E-state index in [4.69, 9.17) is 9.47 Å². The molecule has 2 amide bonds. The number of hydrogen-bond acceptors (Lipinski definition) is 6. The van der Waals surface area contributed by atoms with Gasteiger partial charge in [-0.1, -0.05) is 26.2 Å². The molecule has 0 aromatic carbocycles. The van der Waals surface area contributed by atoms with Crippen LogP contribution in [0.5, 0.6) is 0 Å². The van der Waals surface area contributed by atoms with Crippen LogP contribution in [0.25, 0.3) is 0 Å².